The van der Waals surface area contributed by atoms with Crippen LogP contribution >= 0.6 is 0 Å². The molecule has 1 aromatic rings. The van der Waals surface area contributed by atoms with Crippen LogP contribution in [0.1, 0.15) is 0 Å². The monoisotopic (exact) mass is 278 g/mol. The number of aliphatic carboxylic acids is 1. The molecule has 19 heavy (non-hydrogen) atoms. The van der Waals surface area contributed by atoms with Crippen LogP contribution in [0.15, 0.2) is 18.5 Å². The fourth-order valence-corrected chi connectivity index (χ4v) is 1.12. The number of alkyl halides is 3. The highest BCUT2D eigenvalue weighted by molar-refractivity contribution is 5.89. The molecule has 0 radical (unpaired) electrons. The highest BCUT2D eigenvalue weighted by Crippen LogP contribution is 2.16. The molecule has 2 N–H and O–H groups in total. The van der Waals surface area contributed by atoms with Crippen LogP contribution in [0.5, 0.6) is 0 Å². The van der Waals surface area contributed by atoms with Crippen LogP contribution in [0.3, 0.4) is 0 Å². The number of anilines is 1. The number of amides is 2. The maximum absolute atomic E-state index is 12.2. The van der Waals surface area contributed by atoms with Crippen molar-refractivity contribution in [2.75, 3.05) is 18.4 Å². The largest absolute Gasteiger partial charge is 0.480 e. The Labute approximate surface area is 105 Å². The molecule has 7 nitrogen and oxygen atoms in total. The van der Waals surface area contributed by atoms with Crippen LogP contribution in [0.4, 0.5) is 23.9 Å². The lowest BCUT2D eigenvalue weighted by Crippen LogP contribution is -2.44. The second-order valence-electron chi connectivity index (χ2n) is 3.37. The van der Waals surface area contributed by atoms with Crippen molar-refractivity contribution in [3.8, 4) is 0 Å². The standard InChI is InChI=1S/C9H9F3N4O3/c10-9(11,12)5-16(4-6(17)18)8(19)15-7-13-2-1-3-14-7/h1-3H,4-5H2,(H,17,18)(H,13,14,15,19). The number of hydrogen-bond acceptors (Lipinski definition) is 4. The molecule has 10 heteroatoms. The molecule has 0 saturated carbocycles. The van der Waals surface area contributed by atoms with Crippen molar-refractivity contribution in [2.45, 2.75) is 6.18 Å². The molecule has 0 unspecified atom stereocenters. The molecule has 0 spiro atoms. The average molecular weight is 278 g/mol. The van der Waals surface area contributed by atoms with Gasteiger partial charge in [-0.25, -0.2) is 14.8 Å². The molecule has 2 amide bonds. The van der Waals surface area contributed by atoms with Crippen molar-refractivity contribution in [3.05, 3.63) is 18.5 Å². The zero-order valence-electron chi connectivity index (χ0n) is 9.39. The Morgan fingerprint density at radius 2 is 1.89 bits per heavy atom. The molecule has 0 aliphatic heterocycles. The summed E-state index contributed by atoms with van der Waals surface area (Å²) >= 11 is 0. The van der Waals surface area contributed by atoms with Gasteiger partial charge in [-0.1, -0.05) is 0 Å². The van der Waals surface area contributed by atoms with Gasteiger partial charge in [-0.3, -0.25) is 10.1 Å². The SMILES string of the molecule is O=C(O)CN(CC(F)(F)F)C(=O)Nc1ncccn1. The van der Waals surface area contributed by atoms with E-state index in [0.717, 1.165) is 0 Å². The van der Waals surface area contributed by atoms with E-state index >= 15 is 0 Å². The quantitative estimate of drug-likeness (QED) is 0.855. The predicted molar refractivity (Wildman–Crippen MR) is 56.3 cm³/mol. The lowest BCUT2D eigenvalue weighted by molar-refractivity contribution is -0.148. The minimum Gasteiger partial charge on any atom is -0.480 e. The van der Waals surface area contributed by atoms with Crippen molar-refractivity contribution >= 4 is 17.9 Å². The molecule has 0 aliphatic rings. The van der Waals surface area contributed by atoms with Gasteiger partial charge in [-0.05, 0) is 6.07 Å². The van der Waals surface area contributed by atoms with Crippen molar-refractivity contribution in [1.82, 2.24) is 14.9 Å². The summed E-state index contributed by atoms with van der Waals surface area (Å²) in [6.45, 7) is -2.77. The van der Waals surface area contributed by atoms with E-state index in [1.165, 1.54) is 18.5 Å². The Morgan fingerprint density at radius 1 is 1.32 bits per heavy atom. The molecule has 0 bridgehead atoms. The number of rotatable bonds is 4. The van der Waals surface area contributed by atoms with Crippen molar-refractivity contribution in [3.63, 3.8) is 0 Å². The van der Waals surface area contributed by atoms with Crippen LogP contribution in [-0.2, 0) is 4.79 Å². The Morgan fingerprint density at radius 3 is 2.37 bits per heavy atom. The van der Waals surface area contributed by atoms with Crippen molar-refractivity contribution in [2.24, 2.45) is 0 Å². The number of nitrogens with one attached hydrogen (secondary N) is 1. The second-order valence-corrected chi connectivity index (χ2v) is 3.37. The summed E-state index contributed by atoms with van der Waals surface area (Å²) in [5, 5.41) is 10.4. The van der Waals surface area contributed by atoms with E-state index < -0.39 is 31.3 Å². The Hall–Kier alpha value is -2.39. The number of nitrogens with zero attached hydrogens (tertiary/aromatic N) is 3. The maximum atomic E-state index is 12.2. The molecule has 1 heterocycles. The summed E-state index contributed by atoms with van der Waals surface area (Å²) in [6, 6.07) is 0.200. The molecule has 0 saturated heterocycles. The van der Waals surface area contributed by atoms with Crippen molar-refractivity contribution in [1.29, 1.82) is 0 Å². The zero-order valence-corrected chi connectivity index (χ0v) is 9.39. The molecule has 0 aliphatic carbocycles. The second kappa shape index (κ2) is 5.98. The molecule has 0 aromatic carbocycles. The van der Waals surface area contributed by atoms with E-state index in [1.807, 2.05) is 5.32 Å². The molecular formula is C9H9F3N4O3. The summed E-state index contributed by atoms with van der Waals surface area (Å²) < 4.78 is 36.6. The first kappa shape index (κ1) is 14.7. The maximum Gasteiger partial charge on any atom is 0.406 e. The topological polar surface area (TPSA) is 95.4 Å². The molecule has 1 aromatic heterocycles. The summed E-state index contributed by atoms with van der Waals surface area (Å²) in [4.78, 5) is 29.2. The van der Waals surface area contributed by atoms with Crippen LogP contribution in [0, 0.1) is 0 Å². The summed E-state index contributed by atoms with van der Waals surface area (Å²) in [7, 11) is 0. The zero-order chi connectivity index (χ0) is 14.5. The number of halogens is 3. The van der Waals surface area contributed by atoms with E-state index in [4.69, 9.17) is 5.11 Å². The van der Waals surface area contributed by atoms with Gasteiger partial charge in [0.1, 0.15) is 13.1 Å². The highest BCUT2D eigenvalue weighted by Gasteiger charge is 2.34. The van der Waals surface area contributed by atoms with Gasteiger partial charge < -0.3 is 10.0 Å². The third kappa shape index (κ3) is 5.66. The first-order valence-corrected chi connectivity index (χ1v) is 4.89. The van der Waals surface area contributed by atoms with E-state index in [-0.39, 0.29) is 10.8 Å². The predicted octanol–water partition coefficient (Wildman–Crippen LogP) is 0.957. The lowest BCUT2D eigenvalue weighted by Gasteiger charge is -2.21. The number of carbonyl (C=O) groups excluding carboxylic acids is 1. The van der Waals surface area contributed by atoms with Gasteiger partial charge in [0, 0.05) is 12.4 Å². The van der Waals surface area contributed by atoms with Crippen molar-refractivity contribution < 1.29 is 27.9 Å². The van der Waals surface area contributed by atoms with Crippen LogP contribution in [0.25, 0.3) is 0 Å². The third-order valence-electron chi connectivity index (χ3n) is 1.77. The van der Waals surface area contributed by atoms with E-state index in [0.29, 0.717) is 0 Å². The summed E-state index contributed by atoms with van der Waals surface area (Å²) in [6.07, 6.45) is -2.16. The molecular weight excluding hydrogens is 269 g/mol. The number of carboxylic acid groups (broad SMARTS) is 1. The van der Waals surface area contributed by atoms with Crippen LogP contribution < -0.4 is 5.32 Å². The minimum atomic E-state index is -4.70. The van der Waals surface area contributed by atoms with Gasteiger partial charge in [0.15, 0.2) is 0 Å². The first-order chi connectivity index (χ1) is 8.78. The molecule has 1 rings (SSSR count). The Balaban J connectivity index is 2.74. The number of carboxylic acids is 1. The van der Waals surface area contributed by atoms with Gasteiger partial charge in [0.2, 0.25) is 5.95 Å². The summed E-state index contributed by atoms with van der Waals surface area (Å²) in [5.41, 5.74) is 0. The number of aromatic nitrogens is 2. The molecule has 104 valence electrons. The number of hydrogen-bond donors (Lipinski definition) is 2. The van der Waals surface area contributed by atoms with Gasteiger partial charge >= 0.3 is 18.2 Å². The van der Waals surface area contributed by atoms with Crippen LogP contribution in [0.2, 0.25) is 0 Å². The molecule has 0 fully saturated rings. The Bertz CT molecular complexity index is 452. The van der Waals surface area contributed by atoms with E-state index in [1.54, 1.807) is 0 Å². The number of urea groups is 1. The Kier molecular flexibility index (Phi) is 4.62. The van der Waals surface area contributed by atoms with Gasteiger partial charge in [0.05, 0.1) is 0 Å². The number of carbonyl (C=O) groups is 2. The van der Waals surface area contributed by atoms with E-state index in [9.17, 15) is 22.8 Å². The fraction of sp³-hybridized carbons (Fsp3) is 0.333. The van der Waals surface area contributed by atoms with Gasteiger partial charge in [0.25, 0.3) is 0 Å². The smallest absolute Gasteiger partial charge is 0.406 e. The fourth-order valence-electron chi connectivity index (χ4n) is 1.12. The van der Waals surface area contributed by atoms with Gasteiger partial charge in [-0.2, -0.15) is 13.2 Å². The normalized spacial score (nSPS) is 10.9. The highest BCUT2D eigenvalue weighted by atomic mass is 19.4. The van der Waals surface area contributed by atoms with E-state index in [2.05, 4.69) is 9.97 Å². The van der Waals surface area contributed by atoms with Gasteiger partial charge in [-0.15, -0.1) is 0 Å². The lowest BCUT2D eigenvalue weighted by atomic mass is 10.5. The third-order valence-corrected chi connectivity index (χ3v) is 1.77. The summed E-state index contributed by atoms with van der Waals surface area (Å²) in [5.74, 6) is -1.78. The average Bonchev–Trinajstić information content (AvgIpc) is 2.27. The molecule has 0 atom stereocenters. The first-order valence-electron chi connectivity index (χ1n) is 4.89. The minimum absolute atomic E-state index is 0.0959. The van der Waals surface area contributed by atoms with Crippen LogP contribution in [-0.4, -0.2) is 51.2 Å².